The lowest BCUT2D eigenvalue weighted by Crippen LogP contribution is -2.46. The standard InChI is InChI=1S/C18H22N4O/c1-3-7-21-8-10-22(11-9-21)17-13-18(20-14-19-17)23-16-6-4-5-15(2)12-16/h3-6,12-14H,1,7-11H2,2H3. The summed E-state index contributed by atoms with van der Waals surface area (Å²) in [6.45, 7) is 10.7. The Bertz CT molecular complexity index is 666. The Balaban J connectivity index is 1.67. The molecule has 0 saturated carbocycles. The third-order valence-corrected chi connectivity index (χ3v) is 3.92. The van der Waals surface area contributed by atoms with Crippen LogP contribution in [-0.2, 0) is 0 Å². The van der Waals surface area contributed by atoms with Crippen LogP contribution in [0.5, 0.6) is 11.6 Å². The van der Waals surface area contributed by atoms with Crippen LogP contribution in [-0.4, -0.2) is 47.6 Å². The van der Waals surface area contributed by atoms with E-state index in [1.54, 1.807) is 6.33 Å². The number of aryl methyl sites for hydroxylation is 1. The fourth-order valence-corrected chi connectivity index (χ4v) is 2.70. The third kappa shape index (κ3) is 4.07. The van der Waals surface area contributed by atoms with E-state index >= 15 is 0 Å². The summed E-state index contributed by atoms with van der Waals surface area (Å²) in [6, 6.07) is 9.86. The van der Waals surface area contributed by atoms with E-state index in [0.717, 1.165) is 49.9 Å². The van der Waals surface area contributed by atoms with Crippen LogP contribution in [0.4, 0.5) is 5.82 Å². The molecule has 3 rings (SSSR count). The van der Waals surface area contributed by atoms with Crippen molar-refractivity contribution in [2.75, 3.05) is 37.6 Å². The normalized spacial score (nSPS) is 15.4. The first-order chi connectivity index (χ1) is 11.2. The van der Waals surface area contributed by atoms with Crippen LogP contribution in [0.2, 0.25) is 0 Å². The molecule has 0 radical (unpaired) electrons. The molecule has 1 aliphatic rings. The highest BCUT2D eigenvalue weighted by Crippen LogP contribution is 2.23. The fraction of sp³-hybridized carbons (Fsp3) is 0.333. The van der Waals surface area contributed by atoms with Gasteiger partial charge in [-0.1, -0.05) is 18.2 Å². The Morgan fingerprint density at radius 1 is 1.17 bits per heavy atom. The summed E-state index contributed by atoms with van der Waals surface area (Å²) < 4.78 is 5.85. The highest BCUT2D eigenvalue weighted by molar-refractivity contribution is 5.42. The molecule has 5 nitrogen and oxygen atoms in total. The van der Waals surface area contributed by atoms with Gasteiger partial charge in [0, 0.05) is 38.8 Å². The predicted octanol–water partition coefficient (Wildman–Crippen LogP) is 2.89. The molecule has 0 aliphatic carbocycles. The van der Waals surface area contributed by atoms with E-state index < -0.39 is 0 Å². The van der Waals surface area contributed by atoms with Gasteiger partial charge in [0.25, 0.3) is 0 Å². The lowest BCUT2D eigenvalue weighted by molar-refractivity contribution is 0.283. The van der Waals surface area contributed by atoms with E-state index in [4.69, 9.17) is 4.74 Å². The minimum atomic E-state index is 0.578. The molecule has 1 fully saturated rings. The molecule has 0 atom stereocenters. The van der Waals surface area contributed by atoms with Crippen LogP contribution in [0.15, 0.2) is 49.3 Å². The van der Waals surface area contributed by atoms with Crippen molar-refractivity contribution in [2.24, 2.45) is 0 Å². The summed E-state index contributed by atoms with van der Waals surface area (Å²) in [7, 11) is 0. The highest BCUT2D eigenvalue weighted by Gasteiger charge is 2.17. The molecule has 1 saturated heterocycles. The second kappa shape index (κ2) is 7.24. The second-order valence-corrected chi connectivity index (χ2v) is 5.71. The Morgan fingerprint density at radius 3 is 2.74 bits per heavy atom. The quantitative estimate of drug-likeness (QED) is 0.794. The van der Waals surface area contributed by atoms with Crippen LogP contribution in [0, 0.1) is 6.92 Å². The fourth-order valence-electron chi connectivity index (χ4n) is 2.70. The van der Waals surface area contributed by atoms with E-state index in [-0.39, 0.29) is 0 Å². The van der Waals surface area contributed by atoms with Crippen molar-refractivity contribution < 1.29 is 4.74 Å². The Hall–Kier alpha value is -2.40. The van der Waals surface area contributed by atoms with E-state index in [2.05, 4.69) is 26.3 Å². The van der Waals surface area contributed by atoms with Gasteiger partial charge in [0.1, 0.15) is 17.9 Å². The van der Waals surface area contributed by atoms with Crippen molar-refractivity contribution in [1.29, 1.82) is 0 Å². The number of piperazine rings is 1. The smallest absolute Gasteiger partial charge is 0.224 e. The summed E-state index contributed by atoms with van der Waals surface area (Å²) in [5.41, 5.74) is 1.16. The van der Waals surface area contributed by atoms with Gasteiger partial charge in [-0.05, 0) is 24.6 Å². The lowest BCUT2D eigenvalue weighted by atomic mass is 10.2. The number of nitrogens with zero attached hydrogens (tertiary/aromatic N) is 4. The van der Waals surface area contributed by atoms with E-state index in [9.17, 15) is 0 Å². The molecule has 0 N–H and O–H groups in total. The summed E-state index contributed by atoms with van der Waals surface area (Å²) in [5, 5.41) is 0. The van der Waals surface area contributed by atoms with E-state index in [0.29, 0.717) is 5.88 Å². The molecule has 5 heteroatoms. The number of hydrogen-bond donors (Lipinski definition) is 0. The van der Waals surface area contributed by atoms with Gasteiger partial charge < -0.3 is 9.64 Å². The zero-order valence-corrected chi connectivity index (χ0v) is 13.5. The Labute approximate surface area is 137 Å². The molecule has 1 aliphatic heterocycles. The topological polar surface area (TPSA) is 41.5 Å². The van der Waals surface area contributed by atoms with E-state index in [1.807, 2.05) is 43.3 Å². The van der Waals surface area contributed by atoms with Crippen molar-refractivity contribution in [1.82, 2.24) is 14.9 Å². The number of aromatic nitrogens is 2. The molecule has 2 aromatic rings. The van der Waals surface area contributed by atoms with Gasteiger partial charge in [-0.25, -0.2) is 9.97 Å². The Morgan fingerprint density at radius 2 is 2.00 bits per heavy atom. The molecule has 0 amide bonds. The average Bonchev–Trinajstić information content (AvgIpc) is 2.56. The third-order valence-electron chi connectivity index (χ3n) is 3.92. The van der Waals surface area contributed by atoms with Gasteiger partial charge in [0.05, 0.1) is 0 Å². The zero-order chi connectivity index (χ0) is 16.1. The molecule has 0 bridgehead atoms. The van der Waals surface area contributed by atoms with Crippen molar-refractivity contribution in [2.45, 2.75) is 6.92 Å². The molecular formula is C18H22N4O. The largest absolute Gasteiger partial charge is 0.439 e. The maximum atomic E-state index is 5.85. The van der Waals surface area contributed by atoms with Crippen LogP contribution < -0.4 is 9.64 Å². The zero-order valence-electron chi connectivity index (χ0n) is 13.5. The summed E-state index contributed by atoms with van der Waals surface area (Å²) in [4.78, 5) is 13.3. The van der Waals surface area contributed by atoms with Crippen LogP contribution >= 0.6 is 0 Å². The van der Waals surface area contributed by atoms with Gasteiger partial charge in [-0.15, -0.1) is 6.58 Å². The molecule has 2 heterocycles. The molecule has 0 spiro atoms. The summed E-state index contributed by atoms with van der Waals surface area (Å²) in [5.74, 6) is 2.29. The minimum absolute atomic E-state index is 0.578. The summed E-state index contributed by atoms with van der Waals surface area (Å²) >= 11 is 0. The first-order valence-corrected chi connectivity index (χ1v) is 7.89. The van der Waals surface area contributed by atoms with Gasteiger partial charge in [-0.2, -0.15) is 0 Å². The van der Waals surface area contributed by atoms with Crippen LogP contribution in [0.1, 0.15) is 5.56 Å². The van der Waals surface area contributed by atoms with Gasteiger partial charge in [0.15, 0.2) is 0 Å². The number of benzene rings is 1. The molecular weight excluding hydrogens is 288 g/mol. The first-order valence-electron chi connectivity index (χ1n) is 7.89. The van der Waals surface area contributed by atoms with Crippen molar-refractivity contribution in [3.8, 4) is 11.6 Å². The minimum Gasteiger partial charge on any atom is -0.439 e. The SMILES string of the molecule is C=CCN1CCN(c2cc(Oc3cccc(C)c3)ncn2)CC1. The van der Waals surface area contributed by atoms with E-state index in [1.165, 1.54) is 0 Å². The second-order valence-electron chi connectivity index (χ2n) is 5.71. The number of ether oxygens (including phenoxy) is 1. The summed E-state index contributed by atoms with van der Waals surface area (Å²) in [6.07, 6.45) is 3.52. The molecule has 120 valence electrons. The number of hydrogen-bond acceptors (Lipinski definition) is 5. The number of anilines is 1. The predicted molar refractivity (Wildman–Crippen MR) is 92.1 cm³/mol. The molecule has 23 heavy (non-hydrogen) atoms. The van der Waals surface area contributed by atoms with Gasteiger partial charge >= 0.3 is 0 Å². The highest BCUT2D eigenvalue weighted by atomic mass is 16.5. The Kier molecular flexibility index (Phi) is 4.88. The van der Waals surface area contributed by atoms with Crippen molar-refractivity contribution in [3.05, 3.63) is 54.9 Å². The monoisotopic (exact) mass is 310 g/mol. The average molecular weight is 310 g/mol. The van der Waals surface area contributed by atoms with Gasteiger partial charge in [-0.3, -0.25) is 4.90 Å². The molecule has 1 aromatic heterocycles. The van der Waals surface area contributed by atoms with Crippen LogP contribution in [0.25, 0.3) is 0 Å². The lowest BCUT2D eigenvalue weighted by Gasteiger charge is -2.34. The molecule has 0 unspecified atom stereocenters. The van der Waals surface area contributed by atoms with Crippen LogP contribution in [0.3, 0.4) is 0 Å². The van der Waals surface area contributed by atoms with Crippen molar-refractivity contribution >= 4 is 5.82 Å². The first kappa shape index (κ1) is 15.5. The maximum absolute atomic E-state index is 5.85. The van der Waals surface area contributed by atoms with Gasteiger partial charge in [0.2, 0.25) is 5.88 Å². The van der Waals surface area contributed by atoms with Crippen molar-refractivity contribution in [3.63, 3.8) is 0 Å². The number of rotatable bonds is 5. The molecule has 1 aromatic carbocycles. The maximum Gasteiger partial charge on any atom is 0.224 e.